The molecule has 5 heteroatoms. The molecule has 128 valence electrons. The predicted octanol–water partition coefficient (Wildman–Crippen LogP) is 3.50. The number of aryl methyl sites for hydroxylation is 1. The molecule has 1 atom stereocenters. The number of hydrogen-bond acceptors (Lipinski definition) is 3. The first-order valence-corrected chi connectivity index (χ1v) is 8.48. The van der Waals surface area contributed by atoms with Crippen LogP contribution in [0.3, 0.4) is 0 Å². The molecule has 0 bridgehead atoms. The Labute approximate surface area is 146 Å². The average molecular weight is 335 g/mol. The Bertz CT molecular complexity index is 945. The molecule has 5 nitrogen and oxygen atoms in total. The lowest BCUT2D eigenvalue weighted by Gasteiger charge is -2.22. The normalized spacial score (nSPS) is 16.4. The molecule has 2 aromatic carbocycles. The van der Waals surface area contributed by atoms with Crippen LogP contribution in [-0.2, 0) is 17.6 Å². The fourth-order valence-corrected chi connectivity index (χ4v) is 3.61. The molecule has 25 heavy (non-hydrogen) atoms. The Morgan fingerprint density at radius 2 is 2.16 bits per heavy atom. The van der Waals surface area contributed by atoms with E-state index in [-0.39, 0.29) is 11.8 Å². The summed E-state index contributed by atoms with van der Waals surface area (Å²) in [5.41, 5.74) is 10.7. The summed E-state index contributed by atoms with van der Waals surface area (Å²) in [7, 11) is 1.67. The molecule has 0 saturated heterocycles. The van der Waals surface area contributed by atoms with Gasteiger partial charge < -0.3 is 20.8 Å². The number of nitrogens with two attached hydrogens (primary N) is 1. The van der Waals surface area contributed by atoms with Crippen molar-refractivity contribution in [3.05, 3.63) is 53.7 Å². The second-order valence-corrected chi connectivity index (χ2v) is 6.55. The zero-order chi connectivity index (χ0) is 17.4. The van der Waals surface area contributed by atoms with Crippen LogP contribution < -0.4 is 15.8 Å². The van der Waals surface area contributed by atoms with Crippen LogP contribution in [0, 0.1) is 5.92 Å². The quantitative estimate of drug-likeness (QED) is 0.641. The first kappa shape index (κ1) is 15.6. The lowest BCUT2D eigenvalue weighted by Crippen LogP contribution is -2.28. The molecule has 0 spiro atoms. The minimum Gasteiger partial charge on any atom is -0.497 e. The number of aromatic nitrogens is 1. The average Bonchev–Trinajstić information content (AvgIpc) is 2.98. The second-order valence-electron chi connectivity index (χ2n) is 6.55. The molecule has 1 aliphatic carbocycles. The van der Waals surface area contributed by atoms with Gasteiger partial charge in [0.15, 0.2) is 0 Å². The maximum atomic E-state index is 12.7. The smallest absolute Gasteiger partial charge is 0.227 e. The number of nitrogen functional groups attached to an aromatic ring is 1. The van der Waals surface area contributed by atoms with E-state index in [1.807, 2.05) is 36.4 Å². The van der Waals surface area contributed by atoms with Crippen molar-refractivity contribution >= 4 is 28.2 Å². The van der Waals surface area contributed by atoms with Crippen molar-refractivity contribution in [2.24, 2.45) is 5.92 Å². The molecule has 3 aromatic rings. The monoisotopic (exact) mass is 335 g/mol. The Hall–Kier alpha value is -2.95. The van der Waals surface area contributed by atoms with E-state index < -0.39 is 0 Å². The summed E-state index contributed by atoms with van der Waals surface area (Å²) in [6, 6.07) is 13.3. The molecule has 4 rings (SSSR count). The first-order chi connectivity index (χ1) is 12.1. The van der Waals surface area contributed by atoms with E-state index >= 15 is 0 Å². The third-order valence-electron chi connectivity index (χ3n) is 4.92. The van der Waals surface area contributed by atoms with Crippen molar-refractivity contribution in [3.63, 3.8) is 0 Å². The van der Waals surface area contributed by atoms with Gasteiger partial charge in [0, 0.05) is 33.9 Å². The molecular formula is C20H21N3O2. The van der Waals surface area contributed by atoms with Gasteiger partial charge in [-0.2, -0.15) is 0 Å². The fourth-order valence-electron chi connectivity index (χ4n) is 3.61. The first-order valence-electron chi connectivity index (χ1n) is 8.48. The zero-order valence-corrected chi connectivity index (χ0v) is 14.1. The van der Waals surface area contributed by atoms with Crippen LogP contribution in [0.5, 0.6) is 5.75 Å². The van der Waals surface area contributed by atoms with E-state index in [1.165, 1.54) is 11.3 Å². The summed E-state index contributed by atoms with van der Waals surface area (Å²) in [5.74, 6) is 0.841. The van der Waals surface area contributed by atoms with Crippen LogP contribution in [0.15, 0.2) is 42.5 Å². The minimum absolute atomic E-state index is 0.0425. The van der Waals surface area contributed by atoms with Crippen molar-refractivity contribution in [2.75, 3.05) is 18.2 Å². The number of H-pyrrole nitrogens is 1. The zero-order valence-electron chi connectivity index (χ0n) is 14.1. The number of carbonyl (C=O) groups excluding carboxylic acids is 1. The van der Waals surface area contributed by atoms with E-state index in [1.54, 1.807) is 13.2 Å². The van der Waals surface area contributed by atoms with E-state index in [4.69, 9.17) is 10.5 Å². The lowest BCUT2D eigenvalue weighted by atomic mass is 9.85. The van der Waals surface area contributed by atoms with Crippen molar-refractivity contribution in [3.8, 4) is 5.75 Å². The van der Waals surface area contributed by atoms with Crippen LogP contribution in [0.2, 0.25) is 0 Å². The van der Waals surface area contributed by atoms with Gasteiger partial charge in [0.05, 0.1) is 7.11 Å². The van der Waals surface area contributed by atoms with Gasteiger partial charge in [-0.25, -0.2) is 0 Å². The molecular weight excluding hydrogens is 314 g/mol. The molecule has 1 aromatic heterocycles. The van der Waals surface area contributed by atoms with Gasteiger partial charge in [0.2, 0.25) is 5.91 Å². The number of carbonyl (C=O) groups is 1. The highest BCUT2D eigenvalue weighted by Crippen LogP contribution is 2.34. The highest BCUT2D eigenvalue weighted by atomic mass is 16.5. The van der Waals surface area contributed by atoms with Gasteiger partial charge in [-0.05, 0) is 61.2 Å². The number of ether oxygens (including phenoxy) is 1. The second kappa shape index (κ2) is 6.16. The molecule has 1 heterocycles. The Morgan fingerprint density at radius 3 is 2.96 bits per heavy atom. The molecule has 1 aliphatic rings. The number of hydrogen-bond donors (Lipinski definition) is 3. The van der Waals surface area contributed by atoms with Crippen molar-refractivity contribution in [1.82, 2.24) is 4.98 Å². The Kier molecular flexibility index (Phi) is 3.84. The van der Waals surface area contributed by atoms with Crippen molar-refractivity contribution in [1.29, 1.82) is 0 Å². The van der Waals surface area contributed by atoms with Crippen LogP contribution in [-0.4, -0.2) is 18.0 Å². The number of rotatable bonds is 3. The van der Waals surface area contributed by atoms with Gasteiger partial charge in [-0.15, -0.1) is 0 Å². The van der Waals surface area contributed by atoms with Gasteiger partial charge >= 0.3 is 0 Å². The van der Waals surface area contributed by atoms with Gasteiger partial charge in [0.1, 0.15) is 5.75 Å². The number of anilines is 2. The van der Waals surface area contributed by atoms with Gasteiger partial charge in [0.25, 0.3) is 0 Å². The van der Waals surface area contributed by atoms with Crippen LogP contribution in [0.4, 0.5) is 11.4 Å². The number of nitrogens with one attached hydrogen (secondary N) is 2. The van der Waals surface area contributed by atoms with Crippen LogP contribution >= 0.6 is 0 Å². The Balaban J connectivity index is 1.58. The number of methoxy groups -OCH3 is 1. The van der Waals surface area contributed by atoms with E-state index in [2.05, 4.69) is 10.3 Å². The highest BCUT2D eigenvalue weighted by molar-refractivity contribution is 5.94. The molecule has 4 N–H and O–H groups in total. The standard InChI is InChI=1S/C20H21N3O2/c1-25-15-6-8-19-17(11-15)16-9-12(5-7-18(16)23-19)20(24)22-14-4-2-3-13(21)10-14/h2-4,6,8,10-12,23H,5,7,9,21H2,1H3,(H,22,24). The highest BCUT2D eigenvalue weighted by Gasteiger charge is 2.27. The molecule has 0 saturated carbocycles. The van der Waals surface area contributed by atoms with E-state index in [0.717, 1.165) is 41.6 Å². The fraction of sp³-hybridized carbons (Fsp3) is 0.250. The third-order valence-corrected chi connectivity index (χ3v) is 4.92. The Morgan fingerprint density at radius 1 is 1.28 bits per heavy atom. The van der Waals surface area contributed by atoms with Gasteiger partial charge in [-0.3, -0.25) is 4.79 Å². The SMILES string of the molecule is COc1ccc2[nH]c3c(c2c1)CC(C(=O)Nc1cccc(N)c1)CC3. The third kappa shape index (κ3) is 2.93. The number of aromatic amines is 1. The maximum Gasteiger partial charge on any atom is 0.227 e. The molecule has 0 aliphatic heterocycles. The maximum absolute atomic E-state index is 12.7. The van der Waals surface area contributed by atoms with Crippen molar-refractivity contribution in [2.45, 2.75) is 19.3 Å². The number of benzene rings is 2. The van der Waals surface area contributed by atoms with Crippen LogP contribution in [0.25, 0.3) is 10.9 Å². The molecule has 1 amide bonds. The largest absolute Gasteiger partial charge is 0.497 e. The summed E-state index contributed by atoms with van der Waals surface area (Å²) in [4.78, 5) is 16.2. The molecule has 0 radical (unpaired) electrons. The summed E-state index contributed by atoms with van der Waals surface area (Å²) in [6.07, 6.45) is 2.45. The van der Waals surface area contributed by atoms with Crippen molar-refractivity contribution < 1.29 is 9.53 Å². The minimum atomic E-state index is -0.0425. The van der Waals surface area contributed by atoms with Crippen LogP contribution in [0.1, 0.15) is 17.7 Å². The summed E-state index contributed by atoms with van der Waals surface area (Å²) >= 11 is 0. The van der Waals surface area contributed by atoms with Gasteiger partial charge in [-0.1, -0.05) is 6.07 Å². The lowest BCUT2D eigenvalue weighted by molar-refractivity contribution is -0.120. The van der Waals surface area contributed by atoms with E-state index in [9.17, 15) is 4.79 Å². The topological polar surface area (TPSA) is 80.1 Å². The summed E-state index contributed by atoms with van der Waals surface area (Å²) in [6.45, 7) is 0. The summed E-state index contributed by atoms with van der Waals surface area (Å²) in [5, 5.41) is 4.14. The summed E-state index contributed by atoms with van der Waals surface area (Å²) < 4.78 is 5.34. The molecule has 1 unspecified atom stereocenters. The number of amides is 1. The van der Waals surface area contributed by atoms with E-state index in [0.29, 0.717) is 5.69 Å². The molecule has 0 fully saturated rings. The number of fused-ring (bicyclic) bond motifs is 3. The predicted molar refractivity (Wildman–Crippen MR) is 99.8 cm³/mol.